The van der Waals surface area contributed by atoms with Gasteiger partial charge in [0.1, 0.15) is 0 Å². The second kappa shape index (κ2) is 21.9. The standard InChI is InChI=1S/C83H58F2N2/c1-83(2)74-41-25-40-69-70-53-64(86(76-42-23-21-38-66(76)57-30-13-5-14-31-57)78-51-62(55-26-9-3-10-27-55)49-71(81(78)84)59-34-17-7-18-35-59)45-44-61(70)48-73(80(69)74)68-47-46-65(54-75(68)83)87(77-43-24-22-39-67(77)58-32-15-6-16-33-58)79-52-63(56-28-11-4-12-29-56)50-72(82(79)85)60-36-19-8-20-37-60/h3-54H,1-2H3. The average molecular weight is 1120 g/mol. The number of anilines is 6. The minimum absolute atomic E-state index is 0.313. The Bertz CT molecular complexity index is 4890. The molecule has 0 saturated carbocycles. The lowest BCUT2D eigenvalue weighted by Gasteiger charge is -2.37. The van der Waals surface area contributed by atoms with Crippen LogP contribution in [0.5, 0.6) is 0 Å². The molecule has 0 heterocycles. The predicted molar refractivity (Wildman–Crippen MR) is 361 cm³/mol. The minimum atomic E-state index is -0.525. The quantitative estimate of drug-likeness (QED) is 0.113. The number of rotatable bonds is 12. The van der Waals surface area contributed by atoms with Crippen LogP contribution in [0, 0.1) is 11.6 Å². The minimum Gasteiger partial charge on any atom is -0.307 e. The Hall–Kier alpha value is -10.9. The maximum atomic E-state index is 18.3. The molecule has 0 radical (unpaired) electrons. The van der Waals surface area contributed by atoms with Gasteiger partial charge < -0.3 is 9.80 Å². The molecular formula is C83H58F2N2. The van der Waals surface area contributed by atoms with Gasteiger partial charge in [-0.25, -0.2) is 8.78 Å². The second-order valence-corrected chi connectivity index (χ2v) is 23.0. The molecule has 0 aliphatic heterocycles. The number of hydrogen-bond acceptors (Lipinski definition) is 2. The first kappa shape index (κ1) is 52.8. The van der Waals surface area contributed by atoms with Crippen LogP contribution in [-0.2, 0) is 5.41 Å². The summed E-state index contributed by atoms with van der Waals surface area (Å²) in [5, 5.41) is 4.39. The van der Waals surface area contributed by atoms with E-state index in [2.05, 4.69) is 194 Å². The lowest BCUT2D eigenvalue weighted by atomic mass is 9.68. The molecule has 14 aromatic carbocycles. The average Bonchev–Trinajstić information content (AvgIpc) is 1.20. The molecule has 1 aliphatic carbocycles. The molecule has 14 aromatic rings. The van der Waals surface area contributed by atoms with Crippen LogP contribution in [-0.4, -0.2) is 0 Å². The Morgan fingerprint density at radius 1 is 0.253 bits per heavy atom. The smallest absolute Gasteiger partial charge is 0.155 e. The molecule has 1 aliphatic rings. The van der Waals surface area contributed by atoms with E-state index in [9.17, 15) is 0 Å². The molecule has 0 unspecified atom stereocenters. The summed E-state index contributed by atoms with van der Waals surface area (Å²) in [7, 11) is 0. The number of fused-ring (bicyclic) bond motifs is 4. The Morgan fingerprint density at radius 2 is 0.655 bits per heavy atom. The first-order chi connectivity index (χ1) is 42.8. The first-order valence-corrected chi connectivity index (χ1v) is 29.7. The maximum absolute atomic E-state index is 18.3. The van der Waals surface area contributed by atoms with Crippen molar-refractivity contribution < 1.29 is 8.78 Å². The van der Waals surface area contributed by atoms with E-state index < -0.39 is 5.41 Å². The zero-order valence-electron chi connectivity index (χ0n) is 48.2. The van der Waals surface area contributed by atoms with Gasteiger partial charge in [0.15, 0.2) is 11.6 Å². The number of halogens is 2. The lowest BCUT2D eigenvalue weighted by molar-refractivity contribution is 0.632. The van der Waals surface area contributed by atoms with Crippen molar-refractivity contribution >= 4 is 55.7 Å². The number of hydrogen-bond donors (Lipinski definition) is 0. The lowest BCUT2D eigenvalue weighted by Crippen LogP contribution is -2.24. The van der Waals surface area contributed by atoms with Crippen LogP contribution >= 0.6 is 0 Å². The van der Waals surface area contributed by atoms with Crippen molar-refractivity contribution in [1.29, 1.82) is 0 Å². The molecule has 0 bridgehead atoms. The Balaban J connectivity index is 0.940. The molecule has 87 heavy (non-hydrogen) atoms. The fourth-order valence-electron chi connectivity index (χ4n) is 13.3. The van der Waals surface area contributed by atoms with Gasteiger partial charge in [0, 0.05) is 39.0 Å². The summed E-state index contributed by atoms with van der Waals surface area (Å²) in [6.07, 6.45) is 0. The van der Waals surface area contributed by atoms with E-state index in [-0.39, 0.29) is 11.6 Å². The molecule has 15 rings (SSSR count). The molecule has 0 aromatic heterocycles. The highest BCUT2D eigenvalue weighted by Crippen LogP contribution is 2.54. The van der Waals surface area contributed by atoms with Gasteiger partial charge in [-0.3, -0.25) is 0 Å². The summed E-state index contributed by atoms with van der Waals surface area (Å²) in [6, 6.07) is 108. The van der Waals surface area contributed by atoms with Crippen molar-refractivity contribution in [2.45, 2.75) is 19.3 Å². The van der Waals surface area contributed by atoms with Gasteiger partial charge in [-0.2, -0.15) is 0 Å². The van der Waals surface area contributed by atoms with E-state index in [1.807, 2.05) is 146 Å². The highest BCUT2D eigenvalue weighted by Gasteiger charge is 2.36. The van der Waals surface area contributed by atoms with Crippen LogP contribution in [0.1, 0.15) is 25.0 Å². The fraction of sp³-hybridized carbons (Fsp3) is 0.0361. The number of para-hydroxylation sites is 2. The number of nitrogens with zero attached hydrogens (tertiary/aromatic N) is 2. The molecule has 0 atom stereocenters. The topological polar surface area (TPSA) is 6.48 Å². The van der Waals surface area contributed by atoms with E-state index in [1.165, 1.54) is 10.9 Å². The fourth-order valence-corrected chi connectivity index (χ4v) is 13.3. The first-order valence-electron chi connectivity index (χ1n) is 29.7. The van der Waals surface area contributed by atoms with Crippen LogP contribution in [0.15, 0.2) is 315 Å². The summed E-state index contributed by atoms with van der Waals surface area (Å²) in [4.78, 5) is 4.25. The van der Waals surface area contributed by atoms with Gasteiger partial charge in [0.05, 0.1) is 22.7 Å². The zero-order valence-corrected chi connectivity index (χ0v) is 48.2. The van der Waals surface area contributed by atoms with E-state index in [0.717, 1.165) is 111 Å². The summed E-state index contributed by atoms with van der Waals surface area (Å²) in [6.45, 7) is 4.63. The molecule has 0 spiro atoms. The Kier molecular flexibility index (Phi) is 13.3. The summed E-state index contributed by atoms with van der Waals surface area (Å²) >= 11 is 0. The van der Waals surface area contributed by atoms with Gasteiger partial charge in [-0.1, -0.05) is 263 Å². The number of benzene rings is 14. The van der Waals surface area contributed by atoms with Gasteiger partial charge in [0.25, 0.3) is 0 Å². The Labute approximate surface area is 506 Å². The predicted octanol–water partition coefficient (Wildman–Crippen LogP) is 23.5. The van der Waals surface area contributed by atoms with Crippen LogP contribution in [0.25, 0.3) is 99.4 Å². The van der Waals surface area contributed by atoms with E-state index in [0.29, 0.717) is 22.5 Å². The molecule has 414 valence electrons. The monoisotopic (exact) mass is 1120 g/mol. The maximum Gasteiger partial charge on any atom is 0.155 e. The van der Waals surface area contributed by atoms with Crippen LogP contribution < -0.4 is 9.80 Å². The van der Waals surface area contributed by atoms with E-state index in [4.69, 9.17) is 0 Å². The SMILES string of the molecule is CC1(C)c2cc(N(c3ccccc3-c3ccccc3)c3cc(-c4ccccc4)cc(-c4ccccc4)c3F)ccc2-c2cc3ccc(N(c4ccccc4-c4ccccc4)c4cc(-c5ccccc5)cc(-c5ccccc5)c4F)cc3c3cccc1c23. The molecule has 0 N–H and O–H groups in total. The summed E-state index contributed by atoms with van der Waals surface area (Å²) in [5.74, 6) is -0.629. The van der Waals surface area contributed by atoms with Crippen LogP contribution in [0.3, 0.4) is 0 Å². The molecule has 0 amide bonds. The zero-order chi connectivity index (χ0) is 58.6. The third-order valence-corrected chi connectivity index (χ3v) is 17.5. The van der Waals surface area contributed by atoms with Crippen molar-refractivity contribution in [2.75, 3.05) is 9.80 Å². The molecule has 4 heteroatoms. The highest BCUT2D eigenvalue weighted by molar-refractivity contribution is 6.18. The van der Waals surface area contributed by atoms with Crippen LogP contribution in [0.4, 0.5) is 42.9 Å². The van der Waals surface area contributed by atoms with Crippen molar-refractivity contribution in [3.05, 3.63) is 338 Å². The third kappa shape index (κ3) is 9.34. The Morgan fingerprint density at radius 3 is 1.13 bits per heavy atom. The summed E-state index contributed by atoms with van der Waals surface area (Å²) < 4.78 is 36.6. The van der Waals surface area contributed by atoms with E-state index in [1.54, 1.807) is 0 Å². The third-order valence-electron chi connectivity index (χ3n) is 17.5. The van der Waals surface area contributed by atoms with Crippen molar-refractivity contribution in [1.82, 2.24) is 0 Å². The van der Waals surface area contributed by atoms with Crippen molar-refractivity contribution in [3.8, 4) is 77.9 Å². The normalized spacial score (nSPS) is 12.2. The van der Waals surface area contributed by atoms with Crippen molar-refractivity contribution in [2.24, 2.45) is 0 Å². The molecule has 0 saturated heterocycles. The van der Waals surface area contributed by atoms with Crippen LogP contribution in [0.2, 0.25) is 0 Å². The largest absolute Gasteiger partial charge is 0.307 e. The van der Waals surface area contributed by atoms with Gasteiger partial charge in [-0.05, 0) is 155 Å². The van der Waals surface area contributed by atoms with Gasteiger partial charge in [-0.15, -0.1) is 0 Å². The molecular weight excluding hydrogens is 1060 g/mol. The second-order valence-electron chi connectivity index (χ2n) is 23.0. The summed E-state index contributed by atoms with van der Waals surface area (Å²) in [5.41, 5.74) is 18.7. The van der Waals surface area contributed by atoms with Gasteiger partial charge >= 0.3 is 0 Å². The molecule has 0 fully saturated rings. The molecule has 2 nitrogen and oxygen atoms in total. The van der Waals surface area contributed by atoms with E-state index >= 15 is 8.78 Å². The van der Waals surface area contributed by atoms with Crippen molar-refractivity contribution in [3.63, 3.8) is 0 Å². The van der Waals surface area contributed by atoms with Gasteiger partial charge in [0.2, 0.25) is 0 Å². The highest BCUT2D eigenvalue weighted by atomic mass is 19.1.